The van der Waals surface area contributed by atoms with Crippen LogP contribution in [0.25, 0.3) is 0 Å². The molecule has 198 valence electrons. The summed E-state index contributed by atoms with van der Waals surface area (Å²) in [5.41, 5.74) is 10.6. The van der Waals surface area contributed by atoms with E-state index in [2.05, 4.69) is 15.6 Å². The number of nitrogens with zero attached hydrogens (tertiary/aromatic N) is 2. The third-order valence-corrected chi connectivity index (χ3v) is 5.28. The molecule has 0 fully saturated rings. The van der Waals surface area contributed by atoms with Crippen LogP contribution >= 0.6 is 0 Å². The SMILES string of the molecule is NC(=O)CNC(=O)C1=Nc2occc2C(N)N1c1ccc(NC(=O)Nc2cc(C(F)(F)F)ccc2F)cc1. The van der Waals surface area contributed by atoms with E-state index in [-0.39, 0.29) is 17.4 Å². The summed E-state index contributed by atoms with van der Waals surface area (Å²) in [6, 6.07) is 7.97. The van der Waals surface area contributed by atoms with Gasteiger partial charge in [0.2, 0.25) is 17.6 Å². The minimum atomic E-state index is -4.72. The van der Waals surface area contributed by atoms with Gasteiger partial charge in [-0.2, -0.15) is 18.2 Å². The van der Waals surface area contributed by atoms with Gasteiger partial charge >= 0.3 is 12.2 Å². The highest BCUT2D eigenvalue weighted by atomic mass is 19.4. The van der Waals surface area contributed by atoms with Crippen molar-refractivity contribution in [1.29, 1.82) is 0 Å². The lowest BCUT2D eigenvalue weighted by Gasteiger charge is -2.33. The predicted octanol–water partition coefficient (Wildman–Crippen LogP) is 3.19. The molecule has 0 radical (unpaired) electrons. The summed E-state index contributed by atoms with van der Waals surface area (Å²) in [6.07, 6.45) is -4.29. The molecule has 4 amide bonds. The molecule has 4 rings (SSSR count). The van der Waals surface area contributed by atoms with Gasteiger partial charge in [0.25, 0.3) is 5.91 Å². The number of urea groups is 1. The lowest BCUT2D eigenvalue weighted by atomic mass is 10.1. The van der Waals surface area contributed by atoms with Crippen molar-refractivity contribution in [3.63, 3.8) is 0 Å². The Bertz CT molecular complexity index is 1420. The second-order valence-corrected chi connectivity index (χ2v) is 7.90. The van der Waals surface area contributed by atoms with Crippen LogP contribution in [0.2, 0.25) is 0 Å². The van der Waals surface area contributed by atoms with Crippen molar-refractivity contribution >= 4 is 46.6 Å². The number of anilines is 3. The Kier molecular flexibility index (Phi) is 7.03. The molecule has 0 bridgehead atoms. The topological polar surface area (TPSA) is 168 Å². The zero-order valence-electron chi connectivity index (χ0n) is 19.2. The van der Waals surface area contributed by atoms with Gasteiger partial charge in [0.05, 0.1) is 29.6 Å². The first-order valence-electron chi connectivity index (χ1n) is 10.8. The lowest BCUT2D eigenvalue weighted by molar-refractivity contribution is -0.137. The first-order chi connectivity index (χ1) is 17.9. The van der Waals surface area contributed by atoms with E-state index in [1.54, 1.807) is 6.07 Å². The predicted molar refractivity (Wildman–Crippen MR) is 128 cm³/mol. The van der Waals surface area contributed by atoms with E-state index in [0.717, 1.165) is 0 Å². The van der Waals surface area contributed by atoms with Crippen molar-refractivity contribution in [3.8, 4) is 0 Å². The second-order valence-electron chi connectivity index (χ2n) is 7.90. The fourth-order valence-electron chi connectivity index (χ4n) is 3.52. The van der Waals surface area contributed by atoms with Crippen LogP contribution < -0.4 is 32.3 Å². The maximum absolute atomic E-state index is 13.9. The summed E-state index contributed by atoms with van der Waals surface area (Å²) in [4.78, 5) is 41.6. The molecule has 0 saturated carbocycles. The Morgan fingerprint density at radius 2 is 1.76 bits per heavy atom. The molecule has 15 heteroatoms. The lowest BCUT2D eigenvalue weighted by Crippen LogP contribution is -2.50. The van der Waals surface area contributed by atoms with Crippen LogP contribution in [0.4, 0.5) is 45.3 Å². The quantitative estimate of drug-likeness (QED) is 0.305. The molecule has 1 unspecified atom stereocenters. The highest BCUT2D eigenvalue weighted by molar-refractivity contribution is 6.44. The van der Waals surface area contributed by atoms with Gasteiger partial charge in [0, 0.05) is 11.4 Å². The number of nitrogens with two attached hydrogens (primary N) is 2. The molecule has 11 nitrogen and oxygen atoms in total. The maximum atomic E-state index is 13.9. The fraction of sp³-hybridized carbons (Fsp3) is 0.130. The third-order valence-electron chi connectivity index (χ3n) is 5.28. The molecular formula is C23H19F4N7O4. The van der Waals surface area contributed by atoms with Gasteiger partial charge in [-0.05, 0) is 48.5 Å². The first kappa shape index (κ1) is 26.2. The highest BCUT2D eigenvalue weighted by Gasteiger charge is 2.34. The molecule has 1 aliphatic rings. The number of carbonyl (C=O) groups excluding carboxylic acids is 3. The molecule has 2 aromatic carbocycles. The van der Waals surface area contributed by atoms with Gasteiger partial charge in [-0.1, -0.05) is 0 Å². The molecule has 1 aromatic heterocycles. The van der Waals surface area contributed by atoms with Crippen molar-refractivity contribution < 1.29 is 36.4 Å². The number of hydrogen-bond acceptors (Lipinski definition) is 7. The number of halogens is 4. The van der Waals surface area contributed by atoms with Crippen LogP contribution in [0.15, 0.2) is 64.2 Å². The number of primary amides is 1. The number of amidine groups is 1. The van der Waals surface area contributed by atoms with Crippen LogP contribution in [0, 0.1) is 5.82 Å². The van der Waals surface area contributed by atoms with Gasteiger partial charge in [0.15, 0.2) is 0 Å². The first-order valence-corrected chi connectivity index (χ1v) is 10.8. The Labute approximate surface area is 211 Å². The molecule has 0 spiro atoms. The van der Waals surface area contributed by atoms with E-state index in [0.29, 0.717) is 29.4 Å². The highest BCUT2D eigenvalue weighted by Crippen LogP contribution is 2.36. The standard InChI is InChI=1S/C23H19F4N7O4/c24-15-6-1-11(23(25,26)27)9-16(15)32-22(37)31-12-2-4-13(5-3-12)34-18(29)14-7-8-38-21(14)33-19(34)20(36)30-10-17(28)35/h1-9,18H,10,29H2,(H2,28,35)(H,30,36)(H2,31,32,37). The van der Waals surface area contributed by atoms with Gasteiger partial charge in [-0.25, -0.2) is 9.18 Å². The number of furan rings is 1. The van der Waals surface area contributed by atoms with Crippen molar-refractivity contribution in [2.75, 3.05) is 22.1 Å². The van der Waals surface area contributed by atoms with E-state index < -0.39 is 53.8 Å². The summed E-state index contributed by atoms with van der Waals surface area (Å²) in [7, 11) is 0. The van der Waals surface area contributed by atoms with Crippen molar-refractivity contribution in [1.82, 2.24) is 5.32 Å². The fourth-order valence-corrected chi connectivity index (χ4v) is 3.52. The number of nitrogens with one attached hydrogen (secondary N) is 3. The van der Waals surface area contributed by atoms with E-state index >= 15 is 0 Å². The molecule has 7 N–H and O–H groups in total. The van der Waals surface area contributed by atoms with Crippen LogP contribution in [0.3, 0.4) is 0 Å². The van der Waals surface area contributed by atoms with Crippen LogP contribution in [-0.2, 0) is 15.8 Å². The smallest absolute Gasteiger partial charge is 0.416 e. The third kappa shape index (κ3) is 5.57. The number of hydrogen-bond donors (Lipinski definition) is 5. The number of benzene rings is 2. The molecule has 2 heterocycles. The summed E-state index contributed by atoms with van der Waals surface area (Å²) < 4.78 is 57.9. The molecule has 1 atom stereocenters. The van der Waals surface area contributed by atoms with E-state index in [1.165, 1.54) is 35.4 Å². The Morgan fingerprint density at radius 1 is 1.05 bits per heavy atom. The van der Waals surface area contributed by atoms with E-state index in [1.807, 2.05) is 5.32 Å². The molecule has 38 heavy (non-hydrogen) atoms. The van der Waals surface area contributed by atoms with Crippen molar-refractivity contribution in [2.24, 2.45) is 16.5 Å². The summed E-state index contributed by atoms with van der Waals surface area (Å²) in [6.45, 7) is -0.448. The molecule has 1 aliphatic heterocycles. The average Bonchev–Trinajstić information content (AvgIpc) is 3.33. The maximum Gasteiger partial charge on any atom is 0.416 e. The normalized spacial score (nSPS) is 14.8. The van der Waals surface area contributed by atoms with Gasteiger partial charge in [-0.3, -0.25) is 9.59 Å². The van der Waals surface area contributed by atoms with Gasteiger partial charge in [0.1, 0.15) is 12.0 Å². The zero-order chi connectivity index (χ0) is 27.6. The minimum absolute atomic E-state index is 0.106. The number of rotatable bonds is 6. The number of carbonyl (C=O) groups is 3. The second kappa shape index (κ2) is 10.2. The molecule has 0 aliphatic carbocycles. The van der Waals surface area contributed by atoms with Crippen LogP contribution in [-0.4, -0.2) is 30.2 Å². The summed E-state index contributed by atoms with van der Waals surface area (Å²) in [5.74, 6) is -2.67. The summed E-state index contributed by atoms with van der Waals surface area (Å²) >= 11 is 0. The molecule has 0 saturated heterocycles. The molecular weight excluding hydrogens is 514 g/mol. The number of fused-ring (bicyclic) bond motifs is 1. The Morgan fingerprint density at radius 3 is 2.42 bits per heavy atom. The minimum Gasteiger partial charge on any atom is -0.446 e. The number of aliphatic imine (C=N–C) groups is 1. The van der Waals surface area contributed by atoms with E-state index in [9.17, 15) is 31.9 Å². The van der Waals surface area contributed by atoms with Crippen molar-refractivity contribution in [2.45, 2.75) is 12.3 Å². The van der Waals surface area contributed by atoms with E-state index in [4.69, 9.17) is 15.9 Å². The Hall–Kier alpha value is -4.92. The van der Waals surface area contributed by atoms with Crippen LogP contribution in [0.5, 0.6) is 0 Å². The van der Waals surface area contributed by atoms with Gasteiger partial charge in [-0.15, -0.1) is 0 Å². The molecule has 3 aromatic rings. The van der Waals surface area contributed by atoms with Crippen LogP contribution in [0.1, 0.15) is 17.3 Å². The monoisotopic (exact) mass is 533 g/mol. The zero-order valence-corrected chi connectivity index (χ0v) is 19.2. The Balaban J connectivity index is 1.52. The van der Waals surface area contributed by atoms with Crippen molar-refractivity contribution in [3.05, 3.63) is 71.7 Å². The number of amides is 4. The summed E-state index contributed by atoms with van der Waals surface area (Å²) in [5, 5.41) is 6.73. The largest absolute Gasteiger partial charge is 0.446 e. The average molecular weight is 533 g/mol. The number of alkyl halides is 3. The van der Waals surface area contributed by atoms with Gasteiger partial charge < -0.3 is 36.7 Å².